The van der Waals surface area contributed by atoms with Gasteiger partial charge in [0, 0.05) is 49.0 Å². The summed E-state index contributed by atoms with van der Waals surface area (Å²) in [5.74, 6) is 1.58. The second kappa shape index (κ2) is 14.4. The van der Waals surface area contributed by atoms with Gasteiger partial charge < -0.3 is 19.6 Å². The lowest BCUT2D eigenvalue weighted by atomic mass is 10.2. The molecular weight excluding hydrogens is 584 g/mol. The van der Waals surface area contributed by atoms with E-state index >= 15 is 0 Å². The zero-order valence-electron chi connectivity index (χ0n) is 27.1. The SMILES string of the molecule is CCOC(=O)CN(C)c1nc(-c2cc(C)ccn2)nc2c1CCC2.Cc1ccnc(-c2nc3c(c(N(C)CC(=O)O)n2)CCC3)c1. The average Bonchev–Trinajstić information content (AvgIpc) is 3.70. The number of hydrogen-bond donors (Lipinski definition) is 1. The largest absolute Gasteiger partial charge is 0.480 e. The number of carboxylic acid groups (broad SMARTS) is 1. The van der Waals surface area contributed by atoms with Gasteiger partial charge in [-0.15, -0.1) is 0 Å². The third-order valence-corrected chi connectivity index (χ3v) is 7.88. The minimum Gasteiger partial charge on any atom is -0.480 e. The van der Waals surface area contributed by atoms with E-state index < -0.39 is 5.97 Å². The van der Waals surface area contributed by atoms with Crippen molar-refractivity contribution in [2.45, 2.75) is 59.3 Å². The lowest BCUT2D eigenvalue weighted by molar-refractivity contribution is -0.141. The highest BCUT2D eigenvalue weighted by Gasteiger charge is 2.25. The smallest absolute Gasteiger partial charge is 0.325 e. The van der Waals surface area contributed by atoms with E-state index in [9.17, 15) is 9.59 Å². The van der Waals surface area contributed by atoms with Gasteiger partial charge >= 0.3 is 11.9 Å². The van der Waals surface area contributed by atoms with E-state index in [2.05, 4.69) is 19.9 Å². The van der Waals surface area contributed by atoms with E-state index in [4.69, 9.17) is 19.8 Å². The van der Waals surface area contributed by atoms with E-state index in [1.54, 1.807) is 24.3 Å². The molecule has 4 heterocycles. The van der Waals surface area contributed by atoms with Crippen LogP contribution < -0.4 is 9.80 Å². The molecule has 2 aliphatic rings. The quantitative estimate of drug-likeness (QED) is 0.266. The molecular formula is C34H40N8O4. The molecule has 0 aromatic carbocycles. The molecule has 240 valence electrons. The van der Waals surface area contributed by atoms with Gasteiger partial charge in [-0.2, -0.15) is 0 Å². The number of carboxylic acids is 1. The van der Waals surface area contributed by atoms with Crippen molar-refractivity contribution in [2.24, 2.45) is 0 Å². The Labute approximate surface area is 269 Å². The monoisotopic (exact) mass is 624 g/mol. The zero-order valence-corrected chi connectivity index (χ0v) is 27.1. The maximum atomic E-state index is 11.8. The molecule has 6 rings (SSSR count). The molecule has 1 N–H and O–H groups in total. The number of carbonyl (C=O) groups excluding carboxylic acids is 1. The van der Waals surface area contributed by atoms with E-state index in [1.165, 1.54) is 0 Å². The molecule has 46 heavy (non-hydrogen) atoms. The number of likely N-dealkylation sites (N-methyl/N-ethyl adjacent to an activating group) is 2. The average molecular weight is 625 g/mol. The van der Waals surface area contributed by atoms with Crippen molar-refractivity contribution in [1.29, 1.82) is 0 Å². The Hall–Kier alpha value is -5.00. The minimum atomic E-state index is -0.872. The molecule has 0 fully saturated rings. The summed E-state index contributed by atoms with van der Waals surface area (Å²) in [5.41, 5.74) is 7.98. The fourth-order valence-corrected chi connectivity index (χ4v) is 5.76. The Morgan fingerprint density at radius 3 is 1.67 bits per heavy atom. The number of pyridine rings is 2. The standard InChI is InChI=1S/C18H22N4O2.C16H18N4O2/c1-4-24-16(23)11-22(3)18-13-6-5-7-14(13)20-17(21-18)15-10-12(2)8-9-19-15;1-10-6-7-17-13(8-10)15-18-12-5-3-4-11(12)16(19-15)20(2)9-14(21)22/h8-10H,4-7,11H2,1-3H3;6-8H,3-5,9H2,1-2H3,(H,21,22). The van der Waals surface area contributed by atoms with E-state index in [1.807, 2.05) is 57.0 Å². The Balaban J connectivity index is 0.000000182. The van der Waals surface area contributed by atoms with Crippen molar-refractivity contribution in [1.82, 2.24) is 29.9 Å². The lowest BCUT2D eigenvalue weighted by Gasteiger charge is -2.20. The highest BCUT2D eigenvalue weighted by atomic mass is 16.5. The minimum absolute atomic E-state index is 0.0792. The Morgan fingerprint density at radius 1 is 0.761 bits per heavy atom. The van der Waals surface area contributed by atoms with Crippen LogP contribution >= 0.6 is 0 Å². The van der Waals surface area contributed by atoms with Gasteiger partial charge in [0.05, 0.1) is 6.61 Å². The van der Waals surface area contributed by atoms with Crippen LogP contribution in [0, 0.1) is 13.8 Å². The molecule has 0 unspecified atom stereocenters. The number of anilines is 2. The molecule has 0 amide bonds. The summed E-state index contributed by atoms with van der Waals surface area (Å²) in [6.07, 6.45) is 9.29. The van der Waals surface area contributed by atoms with Crippen LogP contribution in [0.15, 0.2) is 36.7 Å². The summed E-state index contributed by atoms with van der Waals surface area (Å²) < 4.78 is 5.05. The van der Waals surface area contributed by atoms with Crippen LogP contribution in [0.4, 0.5) is 11.6 Å². The zero-order chi connectivity index (χ0) is 32.8. The van der Waals surface area contributed by atoms with Crippen molar-refractivity contribution in [3.8, 4) is 23.0 Å². The Bertz CT molecular complexity index is 1740. The maximum Gasteiger partial charge on any atom is 0.325 e. The van der Waals surface area contributed by atoms with Gasteiger partial charge in [0.1, 0.15) is 36.1 Å². The predicted octanol–water partition coefficient (Wildman–Crippen LogP) is 4.19. The predicted molar refractivity (Wildman–Crippen MR) is 175 cm³/mol. The maximum absolute atomic E-state index is 11.8. The fraction of sp³-hybridized carbons (Fsp3) is 0.412. The number of ether oxygens (including phenoxy) is 1. The van der Waals surface area contributed by atoms with Crippen LogP contribution in [0.1, 0.15) is 53.4 Å². The van der Waals surface area contributed by atoms with Gasteiger partial charge in [-0.3, -0.25) is 19.6 Å². The Kier molecular flexibility index (Phi) is 10.1. The molecule has 0 saturated heterocycles. The molecule has 0 spiro atoms. The first kappa shape index (κ1) is 32.4. The van der Waals surface area contributed by atoms with E-state index in [0.717, 1.165) is 89.4 Å². The normalized spacial score (nSPS) is 12.9. The first-order valence-electron chi connectivity index (χ1n) is 15.6. The van der Waals surface area contributed by atoms with Crippen LogP contribution in [-0.4, -0.2) is 80.7 Å². The molecule has 4 aromatic heterocycles. The molecule has 0 saturated carbocycles. The highest BCUT2D eigenvalue weighted by Crippen LogP contribution is 2.32. The van der Waals surface area contributed by atoms with Crippen molar-refractivity contribution >= 4 is 23.6 Å². The first-order chi connectivity index (χ1) is 22.1. The molecule has 4 aromatic rings. The van der Waals surface area contributed by atoms with Crippen molar-refractivity contribution < 1.29 is 19.4 Å². The number of rotatable bonds is 9. The van der Waals surface area contributed by atoms with Gasteiger partial charge in [-0.1, -0.05) is 0 Å². The number of aryl methyl sites for hydroxylation is 4. The summed E-state index contributed by atoms with van der Waals surface area (Å²) in [5, 5.41) is 9.02. The van der Waals surface area contributed by atoms with Crippen LogP contribution in [0.3, 0.4) is 0 Å². The number of nitrogens with zero attached hydrogens (tertiary/aromatic N) is 8. The van der Waals surface area contributed by atoms with Gasteiger partial charge in [-0.05, 0) is 94.7 Å². The summed E-state index contributed by atoms with van der Waals surface area (Å²) in [4.78, 5) is 53.7. The topological polar surface area (TPSA) is 147 Å². The third-order valence-electron chi connectivity index (χ3n) is 7.88. The Morgan fingerprint density at radius 2 is 1.24 bits per heavy atom. The van der Waals surface area contributed by atoms with Crippen molar-refractivity contribution in [2.75, 3.05) is 43.6 Å². The number of esters is 1. The summed E-state index contributed by atoms with van der Waals surface area (Å²) in [6, 6.07) is 7.79. The number of aliphatic carboxylic acids is 1. The molecule has 0 atom stereocenters. The second-order valence-corrected chi connectivity index (χ2v) is 11.6. The van der Waals surface area contributed by atoms with Crippen LogP contribution in [-0.2, 0) is 40.0 Å². The highest BCUT2D eigenvalue weighted by molar-refractivity contribution is 5.76. The molecule has 0 radical (unpaired) electrons. The van der Waals surface area contributed by atoms with Gasteiger partial charge in [-0.25, -0.2) is 19.9 Å². The number of aromatic nitrogens is 6. The fourth-order valence-electron chi connectivity index (χ4n) is 5.76. The third kappa shape index (κ3) is 7.61. The van der Waals surface area contributed by atoms with Crippen LogP contribution in [0.25, 0.3) is 23.0 Å². The first-order valence-corrected chi connectivity index (χ1v) is 15.6. The van der Waals surface area contributed by atoms with Crippen LogP contribution in [0.2, 0.25) is 0 Å². The second-order valence-electron chi connectivity index (χ2n) is 11.6. The van der Waals surface area contributed by atoms with E-state index in [0.29, 0.717) is 24.1 Å². The van der Waals surface area contributed by atoms with Gasteiger partial charge in [0.15, 0.2) is 11.6 Å². The van der Waals surface area contributed by atoms with Crippen molar-refractivity contribution in [3.63, 3.8) is 0 Å². The summed E-state index contributed by atoms with van der Waals surface area (Å²) in [6.45, 7) is 6.30. The summed E-state index contributed by atoms with van der Waals surface area (Å²) >= 11 is 0. The van der Waals surface area contributed by atoms with Gasteiger partial charge in [0.25, 0.3) is 0 Å². The number of fused-ring (bicyclic) bond motifs is 2. The van der Waals surface area contributed by atoms with Gasteiger partial charge in [0.2, 0.25) is 0 Å². The molecule has 2 aliphatic carbocycles. The van der Waals surface area contributed by atoms with E-state index in [-0.39, 0.29) is 19.1 Å². The molecule has 12 heteroatoms. The number of hydrogen-bond acceptors (Lipinski definition) is 11. The summed E-state index contributed by atoms with van der Waals surface area (Å²) in [7, 11) is 3.62. The lowest BCUT2D eigenvalue weighted by Crippen LogP contribution is -2.29. The van der Waals surface area contributed by atoms with Crippen LogP contribution in [0.5, 0.6) is 0 Å². The molecule has 0 bridgehead atoms. The molecule has 0 aliphatic heterocycles. The molecule has 12 nitrogen and oxygen atoms in total. The van der Waals surface area contributed by atoms with Crippen molar-refractivity contribution in [3.05, 3.63) is 70.3 Å². The number of carbonyl (C=O) groups is 2.